The lowest BCUT2D eigenvalue weighted by Gasteiger charge is -2.32. The smallest absolute Gasteiger partial charge is 0.261 e. The van der Waals surface area contributed by atoms with Crippen molar-refractivity contribution in [1.82, 2.24) is 9.80 Å². The molecule has 6 nitrogen and oxygen atoms in total. The molecular formula is C40H41BrN2O4. The van der Waals surface area contributed by atoms with Crippen molar-refractivity contribution >= 4 is 82.6 Å². The first-order valence-corrected chi connectivity index (χ1v) is 18.2. The molecule has 2 unspecified atom stereocenters. The van der Waals surface area contributed by atoms with Crippen LogP contribution < -0.4 is 0 Å². The Morgan fingerprint density at radius 3 is 1.43 bits per heavy atom. The highest BCUT2D eigenvalue weighted by atomic mass is 79.9. The Hall–Kier alpha value is -3.84. The van der Waals surface area contributed by atoms with Gasteiger partial charge in [-0.2, -0.15) is 0 Å². The first kappa shape index (κ1) is 31.7. The van der Waals surface area contributed by atoms with Crippen LogP contribution in [0.15, 0.2) is 46.9 Å². The van der Waals surface area contributed by atoms with Gasteiger partial charge in [-0.05, 0) is 70.5 Å². The van der Waals surface area contributed by atoms with Gasteiger partial charge in [-0.3, -0.25) is 29.0 Å². The Morgan fingerprint density at radius 2 is 0.957 bits per heavy atom. The second-order valence-electron chi connectivity index (χ2n) is 13.5. The molecule has 5 aromatic carbocycles. The van der Waals surface area contributed by atoms with Crippen molar-refractivity contribution in [3.05, 3.63) is 69.2 Å². The van der Waals surface area contributed by atoms with Gasteiger partial charge in [0.1, 0.15) is 0 Å². The molecule has 242 valence electrons. The number of unbranched alkanes of at least 4 members (excludes halogenated alkanes) is 2. The fourth-order valence-corrected chi connectivity index (χ4v) is 8.74. The predicted octanol–water partition coefficient (Wildman–Crippen LogP) is 10.1. The molecule has 0 aliphatic carbocycles. The van der Waals surface area contributed by atoms with Crippen LogP contribution in [0.5, 0.6) is 0 Å². The summed E-state index contributed by atoms with van der Waals surface area (Å²) in [6, 6.07) is 13.3. The Labute approximate surface area is 283 Å². The number of hydrogen-bond donors (Lipinski definition) is 0. The van der Waals surface area contributed by atoms with Crippen molar-refractivity contribution < 1.29 is 19.2 Å². The molecule has 4 amide bonds. The Kier molecular flexibility index (Phi) is 8.32. The molecule has 5 aromatic rings. The molecule has 0 saturated carbocycles. The number of amides is 4. The van der Waals surface area contributed by atoms with Gasteiger partial charge < -0.3 is 0 Å². The summed E-state index contributed by atoms with van der Waals surface area (Å²) in [6.45, 7) is 9.41. The van der Waals surface area contributed by atoms with Crippen LogP contribution in [0.4, 0.5) is 0 Å². The fourth-order valence-electron chi connectivity index (χ4n) is 8.10. The second kappa shape index (κ2) is 12.3. The van der Waals surface area contributed by atoms with Gasteiger partial charge in [-0.25, -0.2) is 0 Å². The summed E-state index contributed by atoms with van der Waals surface area (Å²) in [5.41, 5.74) is 2.16. The van der Waals surface area contributed by atoms with Gasteiger partial charge in [-0.15, -0.1) is 0 Å². The Morgan fingerprint density at radius 1 is 0.532 bits per heavy atom. The maximum atomic E-state index is 14.1. The SMILES string of the molecule is CCCCC(CC)CN1C(=O)c2ccc3c4ccc5c6c(cc(Br)c(c7ccc(c2c37)C1=O)c64)C(=O)N(CC(CC)CCCC)C5=O. The number of nitrogens with zero attached hydrogens (tertiary/aromatic N) is 2. The van der Waals surface area contributed by atoms with E-state index in [2.05, 4.69) is 43.6 Å². The Balaban J connectivity index is 1.41. The highest BCUT2D eigenvalue weighted by Gasteiger charge is 2.38. The summed E-state index contributed by atoms with van der Waals surface area (Å²) in [7, 11) is 0. The molecule has 2 aliphatic rings. The lowest BCUT2D eigenvalue weighted by molar-refractivity contribution is 0.0565. The van der Waals surface area contributed by atoms with Crippen molar-refractivity contribution in [2.45, 2.75) is 79.1 Å². The molecule has 0 aromatic heterocycles. The summed E-state index contributed by atoms with van der Waals surface area (Å²) in [5.74, 6) is -0.441. The van der Waals surface area contributed by atoms with Crippen molar-refractivity contribution in [3.63, 3.8) is 0 Å². The van der Waals surface area contributed by atoms with E-state index in [0.717, 1.165) is 88.2 Å². The van der Waals surface area contributed by atoms with E-state index in [1.165, 1.54) is 9.80 Å². The standard InChI is InChI=1S/C40H41BrN2O4/c1-5-9-11-22(7-3)20-42-37(44)27-16-13-24-25-14-17-29-34-30(40(47)43(39(29)46)21-23(8-4)12-10-6-2)19-31(41)35(36(25)34)26-15-18-28(38(42)45)33(27)32(24)26/h13-19,22-23H,5-12,20-21H2,1-4H3. The average molecular weight is 694 g/mol. The molecule has 0 fully saturated rings. The molecule has 2 aliphatic heterocycles. The third-order valence-electron chi connectivity index (χ3n) is 10.8. The van der Waals surface area contributed by atoms with Gasteiger partial charge in [0.15, 0.2) is 0 Å². The van der Waals surface area contributed by atoms with Crippen molar-refractivity contribution in [1.29, 1.82) is 0 Å². The van der Waals surface area contributed by atoms with E-state index in [1.807, 2.05) is 42.5 Å². The van der Waals surface area contributed by atoms with Crippen LogP contribution in [0, 0.1) is 11.8 Å². The minimum Gasteiger partial charge on any atom is -0.274 e. The molecular weight excluding hydrogens is 652 g/mol. The van der Waals surface area contributed by atoms with Gasteiger partial charge in [0.25, 0.3) is 23.6 Å². The van der Waals surface area contributed by atoms with E-state index in [1.54, 1.807) is 0 Å². The quantitative estimate of drug-likeness (QED) is 0.0741. The molecule has 7 rings (SSSR count). The van der Waals surface area contributed by atoms with Crippen molar-refractivity contribution in [3.8, 4) is 0 Å². The lowest BCUT2D eigenvalue weighted by atomic mass is 9.82. The normalized spacial score (nSPS) is 16.1. The maximum absolute atomic E-state index is 14.1. The average Bonchev–Trinajstić information content (AvgIpc) is 3.08. The van der Waals surface area contributed by atoms with Crippen LogP contribution in [0.2, 0.25) is 0 Å². The summed E-state index contributed by atoms with van der Waals surface area (Å²) in [6.07, 6.45) is 8.10. The van der Waals surface area contributed by atoms with Crippen LogP contribution in [0.1, 0.15) is 120 Å². The van der Waals surface area contributed by atoms with Crippen LogP contribution >= 0.6 is 15.9 Å². The largest absolute Gasteiger partial charge is 0.274 e. The first-order valence-electron chi connectivity index (χ1n) is 17.4. The molecule has 47 heavy (non-hydrogen) atoms. The lowest BCUT2D eigenvalue weighted by Crippen LogP contribution is -2.43. The number of carbonyl (C=O) groups is 4. The number of fused-ring (bicyclic) bond motifs is 2. The molecule has 0 radical (unpaired) electrons. The van der Waals surface area contributed by atoms with Gasteiger partial charge in [0.05, 0.1) is 0 Å². The van der Waals surface area contributed by atoms with E-state index >= 15 is 0 Å². The number of rotatable bonds is 12. The van der Waals surface area contributed by atoms with Gasteiger partial charge in [-0.1, -0.05) is 100 Å². The number of benzene rings is 5. The van der Waals surface area contributed by atoms with Gasteiger partial charge in [0, 0.05) is 61.4 Å². The monoisotopic (exact) mass is 692 g/mol. The van der Waals surface area contributed by atoms with Crippen LogP contribution in [-0.4, -0.2) is 46.5 Å². The van der Waals surface area contributed by atoms with Crippen molar-refractivity contribution in [2.75, 3.05) is 13.1 Å². The summed E-state index contributed by atoms with van der Waals surface area (Å²) in [5, 5.41) is 6.67. The molecule has 0 bridgehead atoms. The van der Waals surface area contributed by atoms with E-state index in [-0.39, 0.29) is 35.5 Å². The van der Waals surface area contributed by atoms with E-state index in [9.17, 15) is 19.2 Å². The van der Waals surface area contributed by atoms with E-state index in [4.69, 9.17) is 0 Å². The number of hydrogen-bond acceptors (Lipinski definition) is 4. The second-order valence-corrected chi connectivity index (χ2v) is 14.4. The highest BCUT2D eigenvalue weighted by Crippen LogP contribution is 2.48. The molecule has 0 spiro atoms. The maximum Gasteiger partial charge on any atom is 0.261 e. The highest BCUT2D eigenvalue weighted by molar-refractivity contribution is 9.10. The first-order chi connectivity index (χ1) is 22.7. The minimum atomic E-state index is -0.251. The third kappa shape index (κ3) is 4.79. The molecule has 0 saturated heterocycles. The molecule has 2 atom stereocenters. The molecule has 0 N–H and O–H groups in total. The summed E-state index contributed by atoms with van der Waals surface area (Å²) < 4.78 is 0.752. The summed E-state index contributed by atoms with van der Waals surface area (Å²) >= 11 is 3.82. The van der Waals surface area contributed by atoms with Gasteiger partial charge >= 0.3 is 0 Å². The predicted molar refractivity (Wildman–Crippen MR) is 193 cm³/mol. The van der Waals surface area contributed by atoms with Crippen molar-refractivity contribution in [2.24, 2.45) is 11.8 Å². The number of carbonyl (C=O) groups excluding carboxylic acids is 4. The van der Waals surface area contributed by atoms with Crippen LogP contribution in [0.25, 0.3) is 43.1 Å². The topological polar surface area (TPSA) is 74.8 Å². The molecule has 7 heteroatoms. The zero-order chi connectivity index (χ0) is 33.1. The van der Waals surface area contributed by atoms with E-state index in [0.29, 0.717) is 46.1 Å². The summed E-state index contributed by atoms with van der Waals surface area (Å²) in [4.78, 5) is 58.9. The van der Waals surface area contributed by atoms with Gasteiger partial charge in [0.2, 0.25) is 0 Å². The van der Waals surface area contributed by atoms with E-state index < -0.39 is 0 Å². The zero-order valence-electron chi connectivity index (χ0n) is 27.7. The molecule has 2 heterocycles. The number of halogens is 1. The Bertz CT molecular complexity index is 2100. The zero-order valence-corrected chi connectivity index (χ0v) is 29.3. The van der Waals surface area contributed by atoms with Crippen LogP contribution in [-0.2, 0) is 0 Å². The fraction of sp³-hybridized carbons (Fsp3) is 0.400. The van der Waals surface area contributed by atoms with Crippen LogP contribution in [0.3, 0.4) is 0 Å². The minimum absolute atomic E-state index is 0.239. The third-order valence-corrected chi connectivity index (χ3v) is 11.5. The number of imide groups is 2.